The summed E-state index contributed by atoms with van der Waals surface area (Å²) < 4.78 is 46.1. The Hall–Kier alpha value is -4.40. The number of esters is 2. The lowest BCUT2D eigenvalue weighted by Gasteiger charge is -2.24. The lowest BCUT2D eigenvalue weighted by atomic mass is 10.2. The van der Waals surface area contributed by atoms with Gasteiger partial charge in [0.05, 0.1) is 75.2 Å². The van der Waals surface area contributed by atoms with Crippen LogP contribution in [-0.4, -0.2) is 160 Å². The van der Waals surface area contributed by atoms with Gasteiger partial charge in [-0.15, -0.1) is 24.8 Å². The number of hydrogen-bond donors (Lipinski definition) is 7. The number of carbonyl (C=O) groups excluding carboxylic acids is 4. The van der Waals surface area contributed by atoms with Crippen molar-refractivity contribution < 1.29 is 71.7 Å². The summed E-state index contributed by atoms with van der Waals surface area (Å²) in [5.74, 6) is -1.28. The van der Waals surface area contributed by atoms with Crippen molar-refractivity contribution in [1.29, 1.82) is 0 Å². The molecule has 6 aliphatic carbocycles. The maximum atomic E-state index is 12.2. The van der Waals surface area contributed by atoms with Crippen molar-refractivity contribution in [3.8, 4) is 0 Å². The molecule has 0 bridgehead atoms. The van der Waals surface area contributed by atoms with E-state index in [0.717, 1.165) is 103 Å². The number of ether oxygens (including phenoxy) is 8. The highest BCUT2D eigenvalue weighted by molar-refractivity contribution is 5.89. The molecule has 0 saturated heterocycles. The van der Waals surface area contributed by atoms with Crippen molar-refractivity contribution in [2.75, 3.05) is 42.7 Å². The third kappa shape index (κ3) is 29.5. The van der Waals surface area contributed by atoms with Gasteiger partial charge in [0.25, 0.3) is 5.56 Å². The number of pyridine rings is 1. The van der Waals surface area contributed by atoms with E-state index in [-0.39, 0.29) is 90.1 Å². The van der Waals surface area contributed by atoms with Gasteiger partial charge in [-0.2, -0.15) is 0 Å². The molecule has 2 heterocycles. The Labute approximate surface area is 503 Å². The number of aliphatic hydroxyl groups is 2. The molecule has 0 spiro atoms. The highest BCUT2D eigenvalue weighted by Gasteiger charge is 2.32. The van der Waals surface area contributed by atoms with Crippen LogP contribution in [0, 0.1) is 0 Å². The minimum atomic E-state index is -0.681. The summed E-state index contributed by atoms with van der Waals surface area (Å²) in [6.07, 6.45) is 20.9. The van der Waals surface area contributed by atoms with Crippen LogP contribution >= 0.6 is 24.8 Å². The van der Waals surface area contributed by atoms with Gasteiger partial charge < -0.3 is 84.9 Å². The quantitative estimate of drug-likeness (QED) is 0.0978. The Morgan fingerprint density at radius 2 is 0.940 bits per heavy atom. The Kier molecular flexibility index (Phi) is 38.7. The van der Waals surface area contributed by atoms with Crippen molar-refractivity contribution in [3.05, 3.63) is 68.6 Å². The van der Waals surface area contributed by atoms with Gasteiger partial charge in [0.2, 0.25) is 0 Å². The van der Waals surface area contributed by atoms with Crippen LogP contribution in [0.2, 0.25) is 0 Å². The molecule has 0 aromatic carbocycles. The fraction of sp³-hybridized carbons (Fsp3) is 0.759. The second kappa shape index (κ2) is 40.8. The first-order valence-electron chi connectivity index (χ1n) is 28.4. The van der Waals surface area contributed by atoms with Crippen LogP contribution in [0.3, 0.4) is 0 Å². The number of hydrogen-bond acceptors (Lipinski definition) is 20. The number of halogens is 2. The lowest BCUT2D eigenvalue weighted by molar-refractivity contribution is 0.0390. The molecule has 2 aromatic heterocycles. The Morgan fingerprint density at radius 1 is 0.530 bits per heavy atom. The van der Waals surface area contributed by atoms with Gasteiger partial charge in [-0.1, -0.05) is 0 Å². The van der Waals surface area contributed by atoms with Crippen molar-refractivity contribution in [1.82, 2.24) is 15.2 Å². The molecule has 6 saturated carbocycles. The summed E-state index contributed by atoms with van der Waals surface area (Å²) in [6, 6.07) is 6.63. The van der Waals surface area contributed by atoms with Gasteiger partial charge >= 0.3 is 29.8 Å². The van der Waals surface area contributed by atoms with Crippen LogP contribution in [0.5, 0.6) is 0 Å². The molecule has 83 heavy (non-hydrogen) atoms. The highest BCUT2D eigenvalue weighted by Crippen LogP contribution is 2.31. The average Bonchev–Trinajstić information content (AvgIpc) is 4.44. The summed E-state index contributed by atoms with van der Waals surface area (Å²) in [5, 5.41) is 23.9. The summed E-state index contributed by atoms with van der Waals surface area (Å²) in [6.45, 7) is 11.0. The number of nitrogens with one attached hydrogen (secondary N) is 2. The van der Waals surface area contributed by atoms with Crippen LogP contribution < -0.4 is 39.0 Å². The third-order valence-corrected chi connectivity index (χ3v) is 14.4. The molecule has 6 fully saturated rings. The zero-order valence-corrected chi connectivity index (χ0v) is 52.8. The smallest absolute Gasteiger partial charge is 0.407 e. The van der Waals surface area contributed by atoms with E-state index in [4.69, 9.17) is 50.7 Å². The van der Waals surface area contributed by atoms with Gasteiger partial charge in [-0.25, -0.2) is 24.0 Å². The molecule has 0 aliphatic heterocycles. The summed E-state index contributed by atoms with van der Waals surface area (Å²) in [4.78, 5) is 68.0. The molecule has 2 amide bonds. The van der Waals surface area contributed by atoms with E-state index in [1.165, 1.54) is 51.5 Å². The van der Waals surface area contributed by atoms with Gasteiger partial charge in [-0.05, 0) is 181 Å². The number of nitrogens with zero attached hydrogens (tertiary/aromatic N) is 1. The second-order valence-corrected chi connectivity index (χ2v) is 22.8. The molecule has 23 nitrogen and oxygen atoms in total. The van der Waals surface area contributed by atoms with Crippen molar-refractivity contribution in [3.63, 3.8) is 0 Å². The minimum absolute atomic E-state index is 0. The van der Waals surface area contributed by atoms with Gasteiger partial charge in [-0.3, -0.25) is 4.79 Å². The molecule has 0 radical (unpaired) electrons. The van der Waals surface area contributed by atoms with E-state index in [9.17, 15) is 33.9 Å². The number of nitrogens with two attached hydrogens (primary N) is 3. The fourth-order valence-electron chi connectivity index (χ4n) is 10.0. The van der Waals surface area contributed by atoms with E-state index in [2.05, 4.69) is 24.5 Å². The Morgan fingerprint density at radius 3 is 1.34 bits per heavy atom. The number of methoxy groups -OCH3 is 6. The van der Waals surface area contributed by atoms with Gasteiger partial charge in [0.1, 0.15) is 22.3 Å². The monoisotopic (exact) mass is 1220 g/mol. The number of amides is 2. The van der Waals surface area contributed by atoms with Gasteiger partial charge in [0, 0.05) is 52.8 Å². The maximum Gasteiger partial charge on any atom is 0.407 e. The van der Waals surface area contributed by atoms with Crippen molar-refractivity contribution in [2.45, 2.75) is 241 Å². The largest absolute Gasteiger partial charge is 0.465 e. The molecular formula is C58H102Cl2N6O17. The summed E-state index contributed by atoms with van der Waals surface area (Å²) in [5.41, 5.74) is 14.8. The molecule has 12 atom stereocenters. The standard InChI is InChI=1S/C13H17NO4.C11H21NO3.C10H19NO3.C7H6O4.2C6H13NO.C5H11NO.2ClH/c1-17-11-7-3-6-10(11)14-8-4-5-9(12(14)15)13(16)18-2;1-11(2,3)15-10(13)12-8-6-5-7-9(8)14-4;1-10(2,3)14-9(13)11-7-5-4-6-8(7)12;1-10-6(8)5-3-2-4-11-7(5)9;2*1-8-6-4-2-3-5(6)7;6-4-2-1-3-5(4)7;;/h4-5,8,10-11H,3,6-7H2,1-2H3;8-9H,5-7H2,1-4H3,(H,12,13);7-8,12H,4-6H2,1-3H3,(H,11,13);2-4H,1H3;2*5-6H,2-4,7H2,1H3;4-5,7H,1-3,6H2;2*1H/t10?,11-;8-,9-;7-,8-;;2*5-,6-;4-,5-;;/m111.111../s1. The molecule has 480 valence electrons. The third-order valence-electron chi connectivity index (χ3n) is 14.4. The molecule has 8 rings (SSSR count). The Bertz CT molecular complexity index is 2240. The highest BCUT2D eigenvalue weighted by atomic mass is 35.5. The normalized spacial score (nSPS) is 26.5. The number of aliphatic hydroxyl groups excluding tert-OH is 2. The molecule has 10 N–H and O–H groups in total. The van der Waals surface area contributed by atoms with Crippen LogP contribution in [0.15, 0.2) is 50.7 Å². The first-order valence-corrected chi connectivity index (χ1v) is 28.4. The Balaban J connectivity index is 0.000000963. The SMILES string of the molecule is CC(C)(C)OC(=O)N[C@@H]1CCC[C@H]1O.COC(=O)c1cccn(C2CCC[C@H]2OC)c1=O.COC(=O)c1cccoc1=O.CO[C@@H]1CCC[C@H]1N.CO[C@@H]1CCC[C@H]1N.CO[C@@H]1CCC[C@H]1NC(=O)OC(C)(C)C.Cl.Cl.N[C@@H]1CCC[C@H]1O. The molecule has 2 aromatic rings. The zero-order valence-electron chi connectivity index (χ0n) is 51.1. The van der Waals surface area contributed by atoms with Crippen LogP contribution in [0.1, 0.15) is 184 Å². The van der Waals surface area contributed by atoms with E-state index < -0.39 is 41.0 Å². The summed E-state index contributed by atoms with van der Waals surface area (Å²) >= 11 is 0. The fourth-order valence-corrected chi connectivity index (χ4v) is 10.0. The molecule has 6 aliphatic rings. The van der Waals surface area contributed by atoms with Crippen LogP contribution in [0.4, 0.5) is 9.59 Å². The first kappa shape index (κ1) is 78.6. The number of rotatable bonds is 9. The second-order valence-electron chi connectivity index (χ2n) is 22.8. The first-order chi connectivity index (χ1) is 38.2. The van der Waals surface area contributed by atoms with E-state index in [0.29, 0.717) is 24.3 Å². The van der Waals surface area contributed by atoms with Gasteiger partial charge in [0.15, 0.2) is 0 Å². The topological polar surface area (TPSA) is 337 Å². The average molecular weight is 1230 g/mol. The number of alkyl carbamates (subject to hydrolysis) is 2. The predicted molar refractivity (Wildman–Crippen MR) is 320 cm³/mol. The minimum Gasteiger partial charge on any atom is -0.465 e. The van der Waals surface area contributed by atoms with E-state index in [1.54, 1.807) is 45.3 Å². The van der Waals surface area contributed by atoms with E-state index in [1.807, 2.05) is 41.5 Å². The number of carbonyl (C=O) groups is 4. The molecule has 1 unspecified atom stereocenters. The molecular weight excluding hydrogens is 1120 g/mol. The maximum absolute atomic E-state index is 12.2. The molecule has 25 heteroatoms. The number of aromatic nitrogens is 1. The predicted octanol–water partition coefficient (Wildman–Crippen LogP) is 7.03. The summed E-state index contributed by atoms with van der Waals surface area (Å²) in [7, 11) is 9.27. The van der Waals surface area contributed by atoms with Crippen molar-refractivity contribution in [2.24, 2.45) is 17.2 Å². The van der Waals surface area contributed by atoms with Crippen LogP contribution in [0.25, 0.3) is 0 Å². The lowest BCUT2D eigenvalue weighted by Crippen LogP contribution is -2.43. The zero-order chi connectivity index (χ0) is 60.9. The van der Waals surface area contributed by atoms with Crippen molar-refractivity contribution >= 4 is 48.9 Å². The van der Waals surface area contributed by atoms with E-state index >= 15 is 0 Å². The van der Waals surface area contributed by atoms with Crippen LogP contribution in [-0.2, 0) is 37.9 Å².